The van der Waals surface area contributed by atoms with Gasteiger partial charge in [0.1, 0.15) is 6.54 Å². The molecule has 0 aromatic carbocycles. The predicted octanol–water partition coefficient (Wildman–Crippen LogP) is -0.182. The van der Waals surface area contributed by atoms with E-state index in [0.29, 0.717) is 12.8 Å². The Hall–Kier alpha value is -1.15. The lowest BCUT2D eigenvalue weighted by molar-refractivity contribution is -0.143. The molecule has 0 bridgehead atoms. The summed E-state index contributed by atoms with van der Waals surface area (Å²) in [6.45, 7) is 1.49. The maximum Gasteiger partial charge on any atom is 0.321 e. The third kappa shape index (κ3) is 4.61. The normalized spacial score (nSPS) is 15.7. The van der Waals surface area contributed by atoms with E-state index in [1.54, 1.807) is 6.92 Å². The molecule has 0 aromatic rings. The number of sulfonamides is 1. The van der Waals surface area contributed by atoms with Gasteiger partial charge in [-0.05, 0) is 19.8 Å². The molecule has 18 heavy (non-hydrogen) atoms. The molecule has 104 valence electrons. The summed E-state index contributed by atoms with van der Waals surface area (Å²) in [6, 6.07) is -0.187. The number of carbonyl (C=O) groups excluding carboxylic acids is 1. The molecule has 0 unspecified atom stereocenters. The lowest BCUT2D eigenvalue weighted by Crippen LogP contribution is -2.39. The van der Waals surface area contributed by atoms with Crippen molar-refractivity contribution in [2.75, 3.05) is 18.9 Å². The molecular formula is C10H17NO6S. The number of rotatable bonds is 8. The Morgan fingerprint density at radius 2 is 2.00 bits per heavy atom. The van der Waals surface area contributed by atoms with E-state index in [9.17, 15) is 18.0 Å². The van der Waals surface area contributed by atoms with E-state index in [0.717, 1.165) is 4.31 Å². The number of carbonyl (C=O) groups is 2. The second-order valence-corrected chi connectivity index (χ2v) is 6.08. The van der Waals surface area contributed by atoms with Gasteiger partial charge in [-0.15, -0.1) is 0 Å². The zero-order valence-electron chi connectivity index (χ0n) is 10.2. The molecule has 7 nitrogen and oxygen atoms in total. The first kappa shape index (κ1) is 14.9. The van der Waals surface area contributed by atoms with Crippen molar-refractivity contribution in [2.45, 2.75) is 32.2 Å². The number of esters is 1. The van der Waals surface area contributed by atoms with Crippen molar-refractivity contribution in [3.63, 3.8) is 0 Å². The van der Waals surface area contributed by atoms with Gasteiger partial charge in [0.2, 0.25) is 10.0 Å². The van der Waals surface area contributed by atoms with Gasteiger partial charge in [-0.25, -0.2) is 8.42 Å². The standard InChI is InChI=1S/C10H17NO6S/c1-2-17-10(14)7-11(8-3-4-8)18(15,16)6-5-9(12)13/h8H,2-7H2,1H3,(H,12,13). The van der Waals surface area contributed by atoms with Crippen LogP contribution in [0.2, 0.25) is 0 Å². The number of ether oxygens (including phenoxy) is 1. The van der Waals surface area contributed by atoms with Crippen molar-refractivity contribution in [2.24, 2.45) is 0 Å². The minimum atomic E-state index is -3.72. The van der Waals surface area contributed by atoms with Crippen molar-refractivity contribution in [3.05, 3.63) is 0 Å². The molecule has 1 rings (SSSR count). The Balaban J connectivity index is 2.65. The monoisotopic (exact) mass is 279 g/mol. The van der Waals surface area contributed by atoms with Crippen LogP contribution in [0.25, 0.3) is 0 Å². The molecule has 0 atom stereocenters. The number of aliphatic carboxylic acids is 1. The van der Waals surface area contributed by atoms with Crippen LogP contribution in [0.4, 0.5) is 0 Å². The van der Waals surface area contributed by atoms with Crippen LogP contribution in [-0.4, -0.2) is 54.7 Å². The predicted molar refractivity (Wildman–Crippen MR) is 62.4 cm³/mol. The van der Waals surface area contributed by atoms with Crippen molar-refractivity contribution in [1.82, 2.24) is 4.31 Å². The molecule has 0 heterocycles. The summed E-state index contributed by atoms with van der Waals surface area (Å²) < 4.78 is 29.6. The number of carboxylic acid groups (broad SMARTS) is 1. The zero-order chi connectivity index (χ0) is 13.8. The first-order chi connectivity index (χ1) is 8.36. The molecule has 1 aliphatic rings. The Labute approximate surface area is 106 Å². The lowest BCUT2D eigenvalue weighted by atomic mass is 10.5. The van der Waals surface area contributed by atoms with E-state index in [-0.39, 0.29) is 19.2 Å². The van der Waals surface area contributed by atoms with Crippen LogP contribution in [0, 0.1) is 0 Å². The van der Waals surface area contributed by atoms with Crippen molar-refractivity contribution in [1.29, 1.82) is 0 Å². The van der Waals surface area contributed by atoms with Crippen molar-refractivity contribution < 1.29 is 27.9 Å². The summed E-state index contributed by atoms with van der Waals surface area (Å²) in [4.78, 5) is 21.7. The summed E-state index contributed by atoms with van der Waals surface area (Å²) >= 11 is 0. The van der Waals surface area contributed by atoms with E-state index in [1.807, 2.05) is 0 Å². The maximum atomic E-state index is 11.9. The molecule has 1 aliphatic carbocycles. The zero-order valence-corrected chi connectivity index (χ0v) is 11.0. The minimum absolute atomic E-state index is 0.187. The second kappa shape index (κ2) is 6.14. The van der Waals surface area contributed by atoms with E-state index in [2.05, 4.69) is 0 Å². The third-order valence-corrected chi connectivity index (χ3v) is 4.34. The van der Waals surface area contributed by atoms with E-state index in [4.69, 9.17) is 9.84 Å². The molecule has 0 spiro atoms. The van der Waals surface area contributed by atoms with E-state index >= 15 is 0 Å². The Morgan fingerprint density at radius 1 is 1.39 bits per heavy atom. The highest BCUT2D eigenvalue weighted by atomic mass is 32.2. The Morgan fingerprint density at radius 3 is 2.44 bits per heavy atom. The van der Waals surface area contributed by atoms with Gasteiger partial charge >= 0.3 is 11.9 Å². The average molecular weight is 279 g/mol. The Bertz CT molecular complexity index is 414. The van der Waals surface area contributed by atoms with Gasteiger partial charge in [-0.1, -0.05) is 0 Å². The fraction of sp³-hybridized carbons (Fsp3) is 0.800. The van der Waals surface area contributed by atoms with Crippen LogP contribution in [0.1, 0.15) is 26.2 Å². The first-order valence-corrected chi connectivity index (χ1v) is 7.34. The largest absolute Gasteiger partial charge is 0.481 e. The van der Waals surface area contributed by atoms with Gasteiger partial charge in [-0.3, -0.25) is 9.59 Å². The fourth-order valence-electron chi connectivity index (χ4n) is 1.48. The summed E-state index contributed by atoms with van der Waals surface area (Å²) in [5, 5.41) is 8.50. The van der Waals surface area contributed by atoms with E-state index < -0.39 is 34.1 Å². The topological polar surface area (TPSA) is 101 Å². The quantitative estimate of drug-likeness (QED) is 0.618. The van der Waals surface area contributed by atoms with Gasteiger partial charge in [-0.2, -0.15) is 4.31 Å². The molecule has 0 radical (unpaired) electrons. The number of hydrogen-bond acceptors (Lipinski definition) is 5. The molecule has 0 amide bonds. The molecule has 0 saturated heterocycles. The third-order valence-electron chi connectivity index (χ3n) is 2.48. The van der Waals surface area contributed by atoms with Crippen LogP contribution >= 0.6 is 0 Å². The first-order valence-electron chi connectivity index (χ1n) is 5.73. The van der Waals surface area contributed by atoms with Crippen molar-refractivity contribution >= 4 is 22.0 Å². The number of carboxylic acids is 1. The molecule has 8 heteroatoms. The summed E-state index contributed by atoms with van der Waals surface area (Å²) in [7, 11) is -3.72. The summed E-state index contributed by atoms with van der Waals surface area (Å²) in [5.41, 5.74) is 0. The van der Waals surface area contributed by atoms with Crippen LogP contribution in [0.15, 0.2) is 0 Å². The van der Waals surface area contributed by atoms with Gasteiger partial charge in [0, 0.05) is 6.04 Å². The average Bonchev–Trinajstić information content (AvgIpc) is 3.07. The molecule has 1 saturated carbocycles. The van der Waals surface area contributed by atoms with Crippen LogP contribution in [0.3, 0.4) is 0 Å². The van der Waals surface area contributed by atoms with Gasteiger partial charge in [0.25, 0.3) is 0 Å². The second-order valence-electron chi connectivity index (χ2n) is 4.04. The SMILES string of the molecule is CCOC(=O)CN(C1CC1)S(=O)(=O)CCC(=O)O. The van der Waals surface area contributed by atoms with Gasteiger partial charge < -0.3 is 9.84 Å². The summed E-state index contributed by atoms with van der Waals surface area (Å²) in [6.07, 6.45) is 0.936. The fourth-order valence-corrected chi connectivity index (χ4v) is 3.12. The lowest BCUT2D eigenvalue weighted by Gasteiger charge is -2.20. The number of hydrogen-bond donors (Lipinski definition) is 1. The number of nitrogens with zero attached hydrogens (tertiary/aromatic N) is 1. The van der Waals surface area contributed by atoms with E-state index in [1.165, 1.54) is 0 Å². The highest BCUT2D eigenvalue weighted by Crippen LogP contribution is 2.29. The van der Waals surface area contributed by atoms with Gasteiger partial charge in [0.15, 0.2) is 0 Å². The van der Waals surface area contributed by atoms with Crippen LogP contribution < -0.4 is 0 Å². The molecule has 0 aliphatic heterocycles. The molecule has 1 N–H and O–H groups in total. The highest BCUT2D eigenvalue weighted by molar-refractivity contribution is 7.89. The molecule has 1 fully saturated rings. The minimum Gasteiger partial charge on any atom is -0.481 e. The highest BCUT2D eigenvalue weighted by Gasteiger charge is 2.38. The van der Waals surface area contributed by atoms with Crippen LogP contribution in [-0.2, 0) is 24.3 Å². The van der Waals surface area contributed by atoms with Crippen molar-refractivity contribution in [3.8, 4) is 0 Å². The Kier molecular flexibility index (Phi) is 5.09. The molecular weight excluding hydrogens is 262 g/mol. The molecule has 0 aromatic heterocycles. The maximum absolute atomic E-state index is 11.9. The summed E-state index contributed by atoms with van der Waals surface area (Å²) in [5.74, 6) is -2.27. The smallest absolute Gasteiger partial charge is 0.321 e. The van der Waals surface area contributed by atoms with Gasteiger partial charge in [0.05, 0.1) is 18.8 Å². The van der Waals surface area contributed by atoms with Crippen LogP contribution in [0.5, 0.6) is 0 Å².